The van der Waals surface area contributed by atoms with Gasteiger partial charge in [0.1, 0.15) is 0 Å². The van der Waals surface area contributed by atoms with Crippen LogP contribution < -0.4 is 0 Å². The molecular weight excluding hydrogens is 152 g/mol. The molecule has 1 aliphatic heterocycles. The molecule has 0 aromatic carbocycles. The van der Waals surface area contributed by atoms with Gasteiger partial charge in [-0.15, -0.1) is 0 Å². The number of aromatic nitrogens is 1. The molecule has 0 saturated carbocycles. The van der Waals surface area contributed by atoms with E-state index in [1.807, 2.05) is 20.9 Å². The number of nitrogens with zero attached hydrogens (tertiary/aromatic N) is 1. The van der Waals surface area contributed by atoms with E-state index >= 15 is 0 Å². The van der Waals surface area contributed by atoms with Crippen molar-refractivity contribution in [2.24, 2.45) is 0 Å². The first-order chi connectivity index (χ1) is 5.61. The van der Waals surface area contributed by atoms with Crippen LogP contribution in [0.2, 0.25) is 0 Å². The number of fused-ring (bicyclic) bond motifs is 1. The minimum atomic E-state index is 0.145. The van der Waals surface area contributed by atoms with Gasteiger partial charge in [0.25, 0.3) is 5.91 Å². The molecule has 1 N–H and O–H groups in total. The maximum atomic E-state index is 11.5. The zero-order chi connectivity index (χ0) is 8.88. The minimum absolute atomic E-state index is 0.145. The van der Waals surface area contributed by atoms with Crippen LogP contribution in [0.15, 0.2) is 0 Å². The van der Waals surface area contributed by atoms with Crippen LogP contribution in [0.3, 0.4) is 0 Å². The number of amides is 1. The lowest BCUT2D eigenvalue weighted by Gasteiger charge is -2.06. The Morgan fingerprint density at radius 2 is 2.08 bits per heavy atom. The second-order valence-electron chi connectivity index (χ2n) is 3.39. The number of rotatable bonds is 0. The first kappa shape index (κ1) is 7.40. The summed E-state index contributed by atoms with van der Waals surface area (Å²) in [6.07, 6.45) is 0. The van der Waals surface area contributed by atoms with Gasteiger partial charge in [0.05, 0.1) is 12.1 Å². The maximum absolute atomic E-state index is 11.5. The van der Waals surface area contributed by atoms with Crippen molar-refractivity contribution < 1.29 is 4.79 Å². The van der Waals surface area contributed by atoms with E-state index < -0.39 is 0 Å². The summed E-state index contributed by atoms with van der Waals surface area (Å²) >= 11 is 0. The van der Waals surface area contributed by atoms with Crippen LogP contribution in [-0.4, -0.2) is 22.8 Å². The molecule has 0 fully saturated rings. The van der Waals surface area contributed by atoms with Gasteiger partial charge in [-0.1, -0.05) is 0 Å². The molecule has 12 heavy (non-hydrogen) atoms. The van der Waals surface area contributed by atoms with Gasteiger partial charge in [0.15, 0.2) is 0 Å². The molecule has 3 nitrogen and oxygen atoms in total. The Morgan fingerprint density at radius 1 is 1.42 bits per heavy atom. The summed E-state index contributed by atoms with van der Waals surface area (Å²) in [6.45, 7) is 4.71. The number of hydrogen-bond acceptors (Lipinski definition) is 1. The van der Waals surface area contributed by atoms with E-state index in [1.54, 1.807) is 4.90 Å². The maximum Gasteiger partial charge on any atom is 0.256 e. The molecule has 1 aromatic heterocycles. The summed E-state index contributed by atoms with van der Waals surface area (Å²) < 4.78 is 0. The molecule has 1 aliphatic rings. The van der Waals surface area contributed by atoms with Gasteiger partial charge < -0.3 is 9.88 Å². The lowest BCUT2D eigenvalue weighted by Crippen LogP contribution is -2.18. The van der Waals surface area contributed by atoms with E-state index in [4.69, 9.17) is 0 Å². The molecule has 0 aliphatic carbocycles. The van der Waals surface area contributed by atoms with Crippen LogP contribution in [0.5, 0.6) is 0 Å². The lowest BCUT2D eigenvalue weighted by atomic mass is 10.1. The number of aryl methyl sites for hydroxylation is 1. The van der Waals surface area contributed by atoms with Gasteiger partial charge in [-0.25, -0.2) is 0 Å². The van der Waals surface area contributed by atoms with Crippen LogP contribution in [0.25, 0.3) is 0 Å². The van der Waals surface area contributed by atoms with E-state index in [9.17, 15) is 4.79 Å². The Kier molecular flexibility index (Phi) is 1.31. The zero-order valence-electron chi connectivity index (χ0n) is 7.56. The molecule has 0 saturated heterocycles. The molecule has 0 unspecified atom stereocenters. The Balaban J connectivity index is 2.61. The second kappa shape index (κ2) is 2.12. The van der Waals surface area contributed by atoms with E-state index in [2.05, 4.69) is 4.98 Å². The molecule has 0 bridgehead atoms. The van der Waals surface area contributed by atoms with Crippen molar-refractivity contribution >= 4 is 5.91 Å². The summed E-state index contributed by atoms with van der Waals surface area (Å²) in [5.41, 5.74) is 4.16. The summed E-state index contributed by atoms with van der Waals surface area (Å²) in [6, 6.07) is 0. The normalized spacial score (nSPS) is 15.6. The van der Waals surface area contributed by atoms with Gasteiger partial charge in [-0.05, 0) is 19.4 Å². The fourth-order valence-electron chi connectivity index (χ4n) is 1.70. The first-order valence-corrected chi connectivity index (χ1v) is 4.04. The van der Waals surface area contributed by atoms with Gasteiger partial charge in [-0.3, -0.25) is 4.79 Å². The van der Waals surface area contributed by atoms with Crippen LogP contribution in [0.1, 0.15) is 27.3 Å². The average Bonchev–Trinajstić information content (AvgIpc) is 2.40. The van der Waals surface area contributed by atoms with E-state index in [0.717, 1.165) is 29.1 Å². The van der Waals surface area contributed by atoms with E-state index in [0.29, 0.717) is 0 Å². The van der Waals surface area contributed by atoms with Crippen molar-refractivity contribution in [3.05, 3.63) is 22.5 Å². The minimum Gasteiger partial charge on any atom is -0.360 e. The third-order valence-electron chi connectivity index (χ3n) is 2.53. The number of aromatic amines is 1. The molecule has 64 valence electrons. The first-order valence-electron chi connectivity index (χ1n) is 4.04. The highest BCUT2D eigenvalue weighted by Crippen LogP contribution is 2.25. The van der Waals surface area contributed by atoms with Crippen molar-refractivity contribution in [2.75, 3.05) is 7.05 Å². The predicted molar refractivity (Wildman–Crippen MR) is 46.1 cm³/mol. The topological polar surface area (TPSA) is 36.1 Å². The number of hydrogen-bond donors (Lipinski definition) is 1. The summed E-state index contributed by atoms with van der Waals surface area (Å²) in [5, 5.41) is 0. The number of nitrogens with one attached hydrogen (secondary N) is 1. The standard InChI is InChI=1S/C9H12N2O/c1-5-6(2)10-7-4-11(3)9(12)8(5)7/h10H,4H2,1-3H3. The summed E-state index contributed by atoms with van der Waals surface area (Å²) in [5.74, 6) is 0.145. The van der Waals surface area contributed by atoms with Crippen LogP contribution in [0, 0.1) is 13.8 Å². The molecule has 0 radical (unpaired) electrons. The number of carbonyl (C=O) groups is 1. The van der Waals surface area contributed by atoms with Crippen molar-refractivity contribution in [1.82, 2.24) is 9.88 Å². The Morgan fingerprint density at radius 3 is 2.67 bits per heavy atom. The Labute approximate surface area is 71.4 Å². The SMILES string of the molecule is Cc1[nH]c2c(c1C)C(=O)N(C)C2. The fraction of sp³-hybridized carbons (Fsp3) is 0.444. The molecule has 3 heteroatoms. The molecule has 2 rings (SSSR count). The third kappa shape index (κ3) is 0.734. The van der Waals surface area contributed by atoms with Gasteiger partial charge in [0, 0.05) is 18.4 Å². The van der Waals surface area contributed by atoms with Gasteiger partial charge >= 0.3 is 0 Å². The average molecular weight is 164 g/mol. The van der Waals surface area contributed by atoms with Gasteiger partial charge in [-0.2, -0.15) is 0 Å². The Hall–Kier alpha value is -1.25. The van der Waals surface area contributed by atoms with Crippen molar-refractivity contribution in [3.63, 3.8) is 0 Å². The molecule has 0 atom stereocenters. The molecule has 0 spiro atoms. The number of carbonyl (C=O) groups excluding carboxylic acids is 1. The molecule has 2 heterocycles. The summed E-state index contributed by atoms with van der Waals surface area (Å²) in [4.78, 5) is 16.5. The van der Waals surface area contributed by atoms with Crippen molar-refractivity contribution in [2.45, 2.75) is 20.4 Å². The van der Waals surface area contributed by atoms with Crippen LogP contribution >= 0.6 is 0 Å². The van der Waals surface area contributed by atoms with E-state index in [-0.39, 0.29) is 5.91 Å². The lowest BCUT2D eigenvalue weighted by molar-refractivity contribution is 0.0815. The smallest absolute Gasteiger partial charge is 0.256 e. The fourth-order valence-corrected chi connectivity index (χ4v) is 1.70. The quantitative estimate of drug-likeness (QED) is 0.614. The summed E-state index contributed by atoms with van der Waals surface area (Å²) in [7, 11) is 1.82. The Bertz CT molecular complexity index is 352. The van der Waals surface area contributed by atoms with Crippen LogP contribution in [0.4, 0.5) is 0 Å². The molecule has 1 aromatic rings. The number of H-pyrrole nitrogens is 1. The van der Waals surface area contributed by atoms with Gasteiger partial charge in [0.2, 0.25) is 0 Å². The molecular formula is C9H12N2O. The molecule has 1 amide bonds. The highest BCUT2D eigenvalue weighted by molar-refractivity contribution is 5.99. The van der Waals surface area contributed by atoms with Crippen molar-refractivity contribution in [3.8, 4) is 0 Å². The monoisotopic (exact) mass is 164 g/mol. The predicted octanol–water partition coefficient (Wildman–Crippen LogP) is 1.22. The van der Waals surface area contributed by atoms with Crippen LogP contribution in [-0.2, 0) is 6.54 Å². The van der Waals surface area contributed by atoms with E-state index in [1.165, 1.54) is 0 Å². The third-order valence-corrected chi connectivity index (χ3v) is 2.53. The highest BCUT2D eigenvalue weighted by Gasteiger charge is 2.28. The zero-order valence-corrected chi connectivity index (χ0v) is 7.56. The highest BCUT2D eigenvalue weighted by atomic mass is 16.2. The van der Waals surface area contributed by atoms with Crippen molar-refractivity contribution in [1.29, 1.82) is 0 Å². The second-order valence-corrected chi connectivity index (χ2v) is 3.39. The largest absolute Gasteiger partial charge is 0.360 e.